The fourth-order valence-corrected chi connectivity index (χ4v) is 5.82. The van der Waals surface area contributed by atoms with Crippen molar-refractivity contribution in [1.29, 1.82) is 0 Å². The number of carboxylic acid groups (broad SMARTS) is 3. The van der Waals surface area contributed by atoms with E-state index in [1.165, 1.54) is 136 Å². The van der Waals surface area contributed by atoms with Crippen molar-refractivity contribution in [3.8, 4) is 0 Å². The van der Waals surface area contributed by atoms with Gasteiger partial charge in [-0.1, -0.05) is 59.3 Å². The summed E-state index contributed by atoms with van der Waals surface area (Å²) in [6.07, 6.45) is 14.0. The van der Waals surface area contributed by atoms with E-state index in [4.69, 9.17) is 19.3 Å². The van der Waals surface area contributed by atoms with E-state index in [0.29, 0.717) is 0 Å². The standard InChI is InChI=1S/3C10H21NO.C6H8O7/c3*1-2-3-4-5-6-11-7-9-12-10-8-11;7-3(8)1-6(13,5(11)12)2-4(9)10/h3*2-10H2,1H3;13H,1-2H2,(H,7,8)(H,9,10)(H,11,12). The molecule has 0 atom stereocenters. The van der Waals surface area contributed by atoms with E-state index < -0.39 is 36.4 Å². The molecule has 0 unspecified atom stereocenters. The quantitative estimate of drug-likeness (QED) is 0.0918. The van der Waals surface area contributed by atoms with Gasteiger partial charge in [0.2, 0.25) is 0 Å². The number of unbranched alkanes of at least 4 members (excludes halogenated alkanes) is 9. The summed E-state index contributed by atoms with van der Waals surface area (Å²) in [6.45, 7) is 24.1. The molecular weight excluding hydrogens is 634 g/mol. The molecule has 13 nitrogen and oxygen atoms in total. The number of hydrogen-bond acceptors (Lipinski definition) is 10. The largest absolute Gasteiger partial charge is 0.550 e. The predicted octanol–water partition coefficient (Wildman–Crippen LogP) is -3.81. The van der Waals surface area contributed by atoms with Gasteiger partial charge in [0.05, 0.1) is 65.2 Å². The minimum atomic E-state index is -2.97. The second-order valence-electron chi connectivity index (χ2n) is 13.4. The number of ether oxygens (including phenoxy) is 3. The number of nitrogens with one attached hydrogen (secondary N) is 3. The normalized spacial score (nSPS) is 17.4. The monoisotopic (exact) mass is 706 g/mol. The summed E-state index contributed by atoms with van der Waals surface area (Å²) in [7, 11) is 0. The van der Waals surface area contributed by atoms with Gasteiger partial charge >= 0.3 is 0 Å². The Balaban J connectivity index is 0.000000627. The van der Waals surface area contributed by atoms with Gasteiger partial charge in [0, 0.05) is 24.8 Å². The predicted molar refractivity (Wildman–Crippen MR) is 181 cm³/mol. The molecule has 0 aromatic rings. The highest BCUT2D eigenvalue weighted by Gasteiger charge is 2.29. The van der Waals surface area contributed by atoms with E-state index in [1.807, 2.05) is 0 Å². The van der Waals surface area contributed by atoms with Crippen LogP contribution in [0.15, 0.2) is 0 Å². The third-order valence-electron chi connectivity index (χ3n) is 9.00. The molecule has 0 saturated carbocycles. The zero-order valence-corrected chi connectivity index (χ0v) is 31.1. The molecular formula is C36H71N3O10. The summed E-state index contributed by atoms with van der Waals surface area (Å²) in [4.78, 5) is 35.2. The number of aliphatic carboxylic acids is 3. The summed E-state index contributed by atoms with van der Waals surface area (Å²) < 4.78 is 15.9. The second-order valence-corrected chi connectivity index (χ2v) is 13.4. The zero-order valence-electron chi connectivity index (χ0n) is 31.1. The van der Waals surface area contributed by atoms with Crippen molar-refractivity contribution in [2.75, 3.05) is 98.5 Å². The van der Waals surface area contributed by atoms with Gasteiger partial charge in [-0.15, -0.1) is 0 Å². The van der Waals surface area contributed by atoms with Crippen molar-refractivity contribution in [1.82, 2.24) is 0 Å². The summed E-state index contributed by atoms with van der Waals surface area (Å²) >= 11 is 0. The van der Waals surface area contributed by atoms with Gasteiger partial charge in [0.25, 0.3) is 0 Å². The van der Waals surface area contributed by atoms with Crippen molar-refractivity contribution >= 4 is 17.9 Å². The van der Waals surface area contributed by atoms with Crippen LogP contribution in [0.5, 0.6) is 0 Å². The molecule has 3 aliphatic heterocycles. The zero-order chi connectivity index (χ0) is 36.6. The minimum absolute atomic E-state index is 0.975. The molecule has 3 aliphatic rings. The highest BCUT2D eigenvalue weighted by molar-refractivity contribution is 5.86. The number of quaternary nitrogens is 3. The lowest BCUT2D eigenvalue weighted by Crippen LogP contribution is -3.14. The van der Waals surface area contributed by atoms with Gasteiger partial charge < -0.3 is 63.7 Å². The topological polar surface area (TPSA) is 182 Å². The Labute approximate surface area is 296 Å². The highest BCUT2D eigenvalue weighted by atomic mass is 16.5. The van der Waals surface area contributed by atoms with Crippen LogP contribution in [-0.2, 0) is 28.6 Å². The Morgan fingerprint density at radius 2 is 0.776 bits per heavy atom. The van der Waals surface area contributed by atoms with Gasteiger partial charge in [-0.05, 0) is 38.5 Å². The minimum Gasteiger partial charge on any atom is -0.550 e. The first kappa shape index (κ1) is 47.1. The lowest BCUT2D eigenvalue weighted by molar-refractivity contribution is -0.908. The number of rotatable bonds is 20. The number of aliphatic hydroxyl groups is 1. The molecule has 13 heteroatoms. The summed E-state index contributed by atoms with van der Waals surface area (Å²) in [5, 5.41) is 38.9. The van der Waals surface area contributed by atoms with Crippen LogP contribution in [0.3, 0.4) is 0 Å². The molecule has 0 bridgehead atoms. The molecule has 0 amide bonds. The smallest absolute Gasteiger partial charge is 0.114 e. The van der Waals surface area contributed by atoms with Crippen molar-refractivity contribution in [2.24, 2.45) is 0 Å². The highest BCUT2D eigenvalue weighted by Crippen LogP contribution is 2.13. The number of morpholine rings is 3. The number of carbonyl (C=O) groups excluding carboxylic acids is 3. The van der Waals surface area contributed by atoms with Crippen LogP contribution in [0.4, 0.5) is 0 Å². The molecule has 3 saturated heterocycles. The Morgan fingerprint density at radius 3 is 0.980 bits per heavy atom. The fourth-order valence-electron chi connectivity index (χ4n) is 5.82. The number of hydrogen-bond donors (Lipinski definition) is 4. The van der Waals surface area contributed by atoms with E-state index in [-0.39, 0.29) is 0 Å². The average Bonchev–Trinajstić information content (AvgIpc) is 3.09. The molecule has 3 fully saturated rings. The molecule has 0 aromatic heterocycles. The van der Waals surface area contributed by atoms with Crippen LogP contribution in [0.25, 0.3) is 0 Å². The van der Waals surface area contributed by atoms with Gasteiger partial charge in [-0.25, -0.2) is 0 Å². The molecule has 49 heavy (non-hydrogen) atoms. The summed E-state index contributed by atoms with van der Waals surface area (Å²) in [5.41, 5.74) is -2.97. The molecule has 0 aliphatic carbocycles. The summed E-state index contributed by atoms with van der Waals surface area (Å²) in [5.74, 6) is -5.98. The maximum atomic E-state index is 10.1. The molecule has 3 rings (SSSR count). The SMILES string of the molecule is CCCCCC[NH+]1CCOCC1.CCCCCC[NH+]1CCOCC1.CCCCCC[NH+]1CCOCC1.O=C([O-])CC(O)(CC(=O)[O-])C(=O)[O-]. The van der Waals surface area contributed by atoms with Crippen LogP contribution >= 0.6 is 0 Å². The maximum Gasteiger partial charge on any atom is 0.114 e. The maximum absolute atomic E-state index is 10.1. The molecule has 4 N–H and O–H groups in total. The molecule has 290 valence electrons. The van der Waals surface area contributed by atoms with Crippen molar-refractivity contribution < 1.29 is 63.7 Å². The Hall–Kier alpha value is -1.87. The Kier molecular flexibility index (Phi) is 30.8. The average molecular weight is 706 g/mol. The number of carboxylic acids is 3. The Morgan fingerprint density at radius 1 is 0.510 bits per heavy atom. The lowest BCUT2D eigenvalue weighted by atomic mass is 9.96. The van der Waals surface area contributed by atoms with Crippen LogP contribution in [0, 0.1) is 0 Å². The van der Waals surface area contributed by atoms with E-state index >= 15 is 0 Å². The van der Waals surface area contributed by atoms with Crippen molar-refractivity contribution in [3.05, 3.63) is 0 Å². The molecule has 3 heterocycles. The molecule has 0 radical (unpaired) electrons. The van der Waals surface area contributed by atoms with Crippen LogP contribution in [0.2, 0.25) is 0 Å². The molecule has 0 aromatic carbocycles. The van der Waals surface area contributed by atoms with E-state index in [9.17, 15) is 29.7 Å². The van der Waals surface area contributed by atoms with E-state index in [2.05, 4.69) is 20.8 Å². The van der Waals surface area contributed by atoms with Gasteiger partial charge in [-0.3, -0.25) is 0 Å². The second kappa shape index (κ2) is 32.1. The van der Waals surface area contributed by atoms with Crippen LogP contribution in [-0.4, -0.2) is 127 Å². The van der Waals surface area contributed by atoms with Crippen molar-refractivity contribution in [2.45, 2.75) is 116 Å². The third-order valence-corrected chi connectivity index (χ3v) is 9.00. The first-order valence-corrected chi connectivity index (χ1v) is 19.1. The fraction of sp³-hybridized carbons (Fsp3) is 0.917. The number of carbonyl (C=O) groups is 3. The van der Waals surface area contributed by atoms with Crippen LogP contribution < -0.4 is 30.0 Å². The molecule has 0 spiro atoms. The Bertz CT molecular complexity index is 724. The van der Waals surface area contributed by atoms with Crippen molar-refractivity contribution in [3.63, 3.8) is 0 Å². The van der Waals surface area contributed by atoms with E-state index in [0.717, 1.165) is 39.6 Å². The third kappa shape index (κ3) is 28.5. The van der Waals surface area contributed by atoms with Gasteiger partial charge in [-0.2, -0.15) is 0 Å². The van der Waals surface area contributed by atoms with Crippen LogP contribution in [0.1, 0.15) is 111 Å². The first-order chi connectivity index (χ1) is 23.6. The summed E-state index contributed by atoms with van der Waals surface area (Å²) in [6, 6.07) is 0. The lowest BCUT2D eigenvalue weighted by Gasteiger charge is -2.29. The first-order valence-electron chi connectivity index (χ1n) is 19.1. The van der Waals surface area contributed by atoms with E-state index in [1.54, 1.807) is 14.7 Å². The van der Waals surface area contributed by atoms with Gasteiger partial charge in [0.15, 0.2) is 0 Å². The van der Waals surface area contributed by atoms with Gasteiger partial charge in [0.1, 0.15) is 44.9 Å².